The molecule has 0 aromatic carbocycles. The van der Waals surface area contributed by atoms with Gasteiger partial charge < -0.3 is 10.4 Å². The number of hydrogen-bond acceptors (Lipinski definition) is 2. The van der Waals surface area contributed by atoms with Gasteiger partial charge in [-0.2, -0.15) is 0 Å². The SMILES string of the molecule is OC[C@H]1CC[C@@]2(CCNC2)C1. The van der Waals surface area contributed by atoms with Crippen LogP contribution in [0.3, 0.4) is 0 Å². The minimum Gasteiger partial charge on any atom is -0.396 e. The fraction of sp³-hybridized carbons (Fsp3) is 1.00. The van der Waals surface area contributed by atoms with Crippen molar-refractivity contribution in [1.29, 1.82) is 0 Å². The maximum absolute atomic E-state index is 8.99. The Balaban J connectivity index is 1.96. The van der Waals surface area contributed by atoms with E-state index in [1.54, 1.807) is 0 Å². The van der Waals surface area contributed by atoms with Crippen LogP contribution in [0, 0.1) is 11.3 Å². The number of hydrogen-bond donors (Lipinski definition) is 2. The van der Waals surface area contributed by atoms with Gasteiger partial charge in [0.05, 0.1) is 0 Å². The van der Waals surface area contributed by atoms with Crippen molar-refractivity contribution in [1.82, 2.24) is 5.32 Å². The van der Waals surface area contributed by atoms with Gasteiger partial charge in [0.15, 0.2) is 0 Å². The van der Waals surface area contributed by atoms with E-state index in [2.05, 4.69) is 5.32 Å². The lowest BCUT2D eigenvalue weighted by Crippen LogP contribution is -2.20. The van der Waals surface area contributed by atoms with E-state index in [1.807, 2.05) is 0 Å². The Labute approximate surface area is 68.0 Å². The molecule has 2 N–H and O–H groups in total. The average molecular weight is 155 g/mol. The molecule has 1 aliphatic carbocycles. The largest absolute Gasteiger partial charge is 0.396 e. The van der Waals surface area contributed by atoms with E-state index in [0.29, 0.717) is 17.9 Å². The summed E-state index contributed by atoms with van der Waals surface area (Å²) in [7, 11) is 0. The van der Waals surface area contributed by atoms with Crippen LogP contribution in [0.15, 0.2) is 0 Å². The molecule has 2 aliphatic rings. The van der Waals surface area contributed by atoms with Crippen LogP contribution in [0.1, 0.15) is 25.7 Å². The third-order valence-corrected chi connectivity index (χ3v) is 3.39. The summed E-state index contributed by atoms with van der Waals surface area (Å²) in [6.45, 7) is 2.80. The maximum atomic E-state index is 8.99. The van der Waals surface area contributed by atoms with Gasteiger partial charge in [0.2, 0.25) is 0 Å². The first-order chi connectivity index (χ1) is 5.35. The normalized spacial score (nSPS) is 43.9. The quantitative estimate of drug-likeness (QED) is 0.586. The minimum atomic E-state index is 0.405. The monoisotopic (exact) mass is 155 g/mol. The molecule has 1 saturated heterocycles. The first kappa shape index (κ1) is 7.56. The summed E-state index contributed by atoms with van der Waals surface area (Å²) in [6.07, 6.45) is 5.18. The molecule has 0 aromatic heterocycles. The molecular formula is C9H17NO. The molecule has 11 heavy (non-hydrogen) atoms. The first-order valence-electron chi connectivity index (χ1n) is 4.66. The lowest BCUT2D eigenvalue weighted by Gasteiger charge is -2.21. The Morgan fingerprint density at radius 3 is 2.91 bits per heavy atom. The predicted octanol–water partition coefficient (Wildman–Crippen LogP) is 0.758. The Morgan fingerprint density at radius 1 is 1.45 bits per heavy atom. The molecule has 2 rings (SSSR count). The number of rotatable bonds is 1. The second-order valence-electron chi connectivity index (χ2n) is 4.22. The van der Waals surface area contributed by atoms with E-state index in [9.17, 15) is 0 Å². The maximum Gasteiger partial charge on any atom is 0.0459 e. The van der Waals surface area contributed by atoms with E-state index >= 15 is 0 Å². The molecule has 0 amide bonds. The molecule has 0 bridgehead atoms. The van der Waals surface area contributed by atoms with E-state index in [4.69, 9.17) is 5.11 Å². The highest BCUT2D eigenvalue weighted by molar-refractivity contribution is 4.94. The Hall–Kier alpha value is -0.0800. The second-order valence-corrected chi connectivity index (χ2v) is 4.22. The van der Waals surface area contributed by atoms with Crippen LogP contribution in [0.4, 0.5) is 0 Å². The molecule has 2 nitrogen and oxygen atoms in total. The Kier molecular flexibility index (Phi) is 1.90. The molecule has 64 valence electrons. The van der Waals surface area contributed by atoms with Gasteiger partial charge in [-0.1, -0.05) is 0 Å². The molecule has 1 spiro atoms. The third kappa shape index (κ3) is 1.30. The molecular weight excluding hydrogens is 138 g/mol. The summed E-state index contributed by atoms with van der Waals surface area (Å²) >= 11 is 0. The fourth-order valence-electron chi connectivity index (χ4n) is 2.67. The van der Waals surface area contributed by atoms with Gasteiger partial charge in [0, 0.05) is 13.2 Å². The van der Waals surface area contributed by atoms with Crippen molar-refractivity contribution in [3.8, 4) is 0 Å². The number of aliphatic hydroxyl groups excluding tert-OH is 1. The summed E-state index contributed by atoms with van der Waals surface area (Å²) in [4.78, 5) is 0. The lowest BCUT2D eigenvalue weighted by atomic mass is 9.85. The first-order valence-corrected chi connectivity index (χ1v) is 4.66. The molecule has 2 heteroatoms. The van der Waals surface area contributed by atoms with Crippen LogP contribution in [0.2, 0.25) is 0 Å². The third-order valence-electron chi connectivity index (χ3n) is 3.39. The molecule has 0 radical (unpaired) electrons. The van der Waals surface area contributed by atoms with Crippen molar-refractivity contribution in [2.45, 2.75) is 25.7 Å². The van der Waals surface area contributed by atoms with Crippen LogP contribution in [-0.4, -0.2) is 24.8 Å². The van der Waals surface area contributed by atoms with Gasteiger partial charge in [-0.3, -0.25) is 0 Å². The Morgan fingerprint density at radius 2 is 2.36 bits per heavy atom. The van der Waals surface area contributed by atoms with E-state index < -0.39 is 0 Å². The summed E-state index contributed by atoms with van der Waals surface area (Å²) in [5.41, 5.74) is 0.591. The van der Waals surface area contributed by atoms with E-state index in [1.165, 1.54) is 38.8 Å². The smallest absolute Gasteiger partial charge is 0.0459 e. The summed E-state index contributed by atoms with van der Waals surface area (Å²) in [5.74, 6) is 0.606. The van der Waals surface area contributed by atoms with Gasteiger partial charge in [-0.15, -0.1) is 0 Å². The van der Waals surface area contributed by atoms with Crippen molar-refractivity contribution < 1.29 is 5.11 Å². The van der Waals surface area contributed by atoms with Gasteiger partial charge >= 0.3 is 0 Å². The molecule has 2 fully saturated rings. The van der Waals surface area contributed by atoms with E-state index in [-0.39, 0.29) is 0 Å². The van der Waals surface area contributed by atoms with Crippen molar-refractivity contribution in [3.05, 3.63) is 0 Å². The second kappa shape index (κ2) is 2.76. The molecule has 1 saturated carbocycles. The minimum absolute atomic E-state index is 0.405. The Bertz CT molecular complexity index is 140. The molecule has 2 atom stereocenters. The summed E-state index contributed by atoms with van der Waals surface area (Å²) < 4.78 is 0. The van der Waals surface area contributed by atoms with Crippen LogP contribution in [-0.2, 0) is 0 Å². The topological polar surface area (TPSA) is 32.3 Å². The van der Waals surface area contributed by atoms with Crippen LogP contribution < -0.4 is 5.32 Å². The van der Waals surface area contributed by atoms with Gasteiger partial charge in [-0.25, -0.2) is 0 Å². The zero-order valence-electron chi connectivity index (χ0n) is 6.97. The fourth-order valence-corrected chi connectivity index (χ4v) is 2.67. The van der Waals surface area contributed by atoms with Crippen molar-refractivity contribution >= 4 is 0 Å². The highest BCUT2D eigenvalue weighted by Crippen LogP contribution is 2.45. The van der Waals surface area contributed by atoms with Crippen LogP contribution >= 0.6 is 0 Å². The van der Waals surface area contributed by atoms with Crippen molar-refractivity contribution in [3.63, 3.8) is 0 Å². The molecule has 0 aromatic rings. The predicted molar refractivity (Wildman–Crippen MR) is 44.3 cm³/mol. The van der Waals surface area contributed by atoms with Crippen LogP contribution in [0.25, 0.3) is 0 Å². The summed E-state index contributed by atoms with van der Waals surface area (Å²) in [6, 6.07) is 0. The van der Waals surface area contributed by atoms with Crippen molar-refractivity contribution in [2.24, 2.45) is 11.3 Å². The zero-order valence-corrected chi connectivity index (χ0v) is 6.97. The number of nitrogens with one attached hydrogen (secondary N) is 1. The van der Waals surface area contributed by atoms with Gasteiger partial charge in [-0.05, 0) is 43.6 Å². The summed E-state index contributed by atoms with van der Waals surface area (Å²) in [5, 5.41) is 12.4. The van der Waals surface area contributed by atoms with Crippen LogP contribution in [0.5, 0.6) is 0 Å². The number of aliphatic hydroxyl groups is 1. The standard InChI is InChI=1S/C9H17NO/c11-6-8-1-2-9(5-8)3-4-10-7-9/h8,10-11H,1-7H2/t8-,9+/m0/s1. The van der Waals surface area contributed by atoms with Crippen molar-refractivity contribution in [2.75, 3.05) is 19.7 Å². The lowest BCUT2D eigenvalue weighted by molar-refractivity contribution is 0.213. The van der Waals surface area contributed by atoms with Gasteiger partial charge in [0.25, 0.3) is 0 Å². The highest BCUT2D eigenvalue weighted by atomic mass is 16.3. The van der Waals surface area contributed by atoms with Gasteiger partial charge in [0.1, 0.15) is 0 Å². The van der Waals surface area contributed by atoms with E-state index in [0.717, 1.165) is 0 Å². The molecule has 0 unspecified atom stereocenters. The molecule has 1 heterocycles. The average Bonchev–Trinajstić information content (AvgIpc) is 2.62. The molecule has 1 aliphatic heterocycles. The zero-order chi connectivity index (χ0) is 7.73. The highest BCUT2D eigenvalue weighted by Gasteiger charge is 2.40.